The fourth-order valence-electron chi connectivity index (χ4n) is 1.21. The third-order valence-corrected chi connectivity index (χ3v) is 2.67. The quantitative estimate of drug-likeness (QED) is 0.506. The van der Waals surface area contributed by atoms with Crippen LogP contribution in [0.25, 0.3) is 0 Å². The SMILES string of the molecule is NC(=O)CC(NC(=O)Cc1csc(N)n1)C(=O)O. The van der Waals surface area contributed by atoms with Crippen molar-refractivity contribution in [3.05, 3.63) is 11.1 Å². The normalized spacial score (nSPS) is 11.8. The number of amides is 2. The van der Waals surface area contributed by atoms with Crippen molar-refractivity contribution in [2.75, 3.05) is 5.73 Å². The first-order valence-electron chi connectivity index (χ1n) is 4.89. The molecule has 1 aromatic heterocycles. The molecule has 1 atom stereocenters. The average Bonchev–Trinajstić information content (AvgIpc) is 2.62. The molecule has 1 rings (SSSR count). The van der Waals surface area contributed by atoms with Crippen LogP contribution in [0.3, 0.4) is 0 Å². The lowest BCUT2D eigenvalue weighted by atomic mass is 10.2. The van der Waals surface area contributed by atoms with Crippen molar-refractivity contribution >= 4 is 34.3 Å². The van der Waals surface area contributed by atoms with Gasteiger partial charge in [0.25, 0.3) is 0 Å². The van der Waals surface area contributed by atoms with Gasteiger partial charge in [0.1, 0.15) is 6.04 Å². The molecule has 0 spiro atoms. The Morgan fingerprint density at radius 2 is 2.17 bits per heavy atom. The Kier molecular flexibility index (Phi) is 4.60. The van der Waals surface area contributed by atoms with Crippen molar-refractivity contribution in [2.24, 2.45) is 5.73 Å². The molecule has 9 heteroatoms. The van der Waals surface area contributed by atoms with Crippen LogP contribution in [-0.2, 0) is 20.8 Å². The molecule has 2 amide bonds. The van der Waals surface area contributed by atoms with Gasteiger partial charge in [0.2, 0.25) is 11.8 Å². The number of hydrogen-bond donors (Lipinski definition) is 4. The summed E-state index contributed by atoms with van der Waals surface area (Å²) in [5.74, 6) is -2.69. The van der Waals surface area contributed by atoms with E-state index in [4.69, 9.17) is 16.6 Å². The number of hydrogen-bond acceptors (Lipinski definition) is 6. The van der Waals surface area contributed by atoms with Crippen LogP contribution in [0.1, 0.15) is 12.1 Å². The molecule has 18 heavy (non-hydrogen) atoms. The first-order chi connectivity index (χ1) is 8.38. The minimum absolute atomic E-state index is 0.101. The maximum atomic E-state index is 11.5. The van der Waals surface area contributed by atoms with Gasteiger partial charge in [-0.25, -0.2) is 9.78 Å². The second kappa shape index (κ2) is 5.96. The van der Waals surface area contributed by atoms with Crippen molar-refractivity contribution in [1.82, 2.24) is 10.3 Å². The molecule has 0 radical (unpaired) electrons. The fraction of sp³-hybridized carbons (Fsp3) is 0.333. The molecule has 0 aliphatic heterocycles. The molecule has 1 heterocycles. The molecular formula is C9H12N4O4S. The summed E-state index contributed by atoms with van der Waals surface area (Å²) >= 11 is 1.18. The Morgan fingerprint density at radius 1 is 1.50 bits per heavy atom. The van der Waals surface area contributed by atoms with Crippen LogP contribution in [-0.4, -0.2) is 33.9 Å². The fourth-order valence-corrected chi connectivity index (χ4v) is 1.78. The number of nitrogens with two attached hydrogens (primary N) is 2. The van der Waals surface area contributed by atoms with E-state index in [1.165, 1.54) is 11.3 Å². The number of aliphatic carboxylic acids is 1. The van der Waals surface area contributed by atoms with Crippen molar-refractivity contribution in [3.63, 3.8) is 0 Å². The molecule has 0 aliphatic rings. The first kappa shape index (κ1) is 13.9. The van der Waals surface area contributed by atoms with Crippen molar-refractivity contribution in [1.29, 1.82) is 0 Å². The Morgan fingerprint density at radius 3 is 2.61 bits per heavy atom. The van der Waals surface area contributed by atoms with Gasteiger partial charge >= 0.3 is 5.97 Å². The van der Waals surface area contributed by atoms with E-state index < -0.39 is 30.2 Å². The minimum Gasteiger partial charge on any atom is -0.480 e. The zero-order chi connectivity index (χ0) is 13.7. The highest BCUT2D eigenvalue weighted by Crippen LogP contribution is 2.11. The number of aromatic nitrogens is 1. The van der Waals surface area contributed by atoms with E-state index in [1.807, 2.05) is 0 Å². The Bertz CT molecular complexity index is 473. The third-order valence-electron chi connectivity index (χ3n) is 1.95. The Hall–Kier alpha value is -2.16. The molecule has 98 valence electrons. The number of nitrogen functional groups attached to an aromatic ring is 1. The van der Waals surface area contributed by atoms with Gasteiger partial charge in [-0.3, -0.25) is 9.59 Å². The van der Waals surface area contributed by atoms with E-state index in [9.17, 15) is 14.4 Å². The van der Waals surface area contributed by atoms with Gasteiger partial charge in [-0.2, -0.15) is 0 Å². The second-order valence-corrected chi connectivity index (χ2v) is 4.37. The Balaban J connectivity index is 2.56. The van der Waals surface area contributed by atoms with E-state index in [0.29, 0.717) is 10.8 Å². The number of nitrogens with zero attached hydrogens (tertiary/aromatic N) is 1. The van der Waals surface area contributed by atoms with Gasteiger partial charge in [0.15, 0.2) is 5.13 Å². The van der Waals surface area contributed by atoms with Gasteiger partial charge in [-0.1, -0.05) is 0 Å². The number of rotatable bonds is 6. The minimum atomic E-state index is -1.33. The molecule has 1 aromatic rings. The number of carboxylic acids is 1. The summed E-state index contributed by atoms with van der Waals surface area (Å²) in [5.41, 5.74) is 10.7. The monoisotopic (exact) mass is 272 g/mol. The number of nitrogens with one attached hydrogen (secondary N) is 1. The number of carbonyl (C=O) groups is 3. The molecule has 0 aromatic carbocycles. The van der Waals surface area contributed by atoms with Crippen LogP contribution in [0.5, 0.6) is 0 Å². The Labute approximate surface area is 106 Å². The van der Waals surface area contributed by atoms with Gasteiger partial charge in [0, 0.05) is 5.38 Å². The number of primary amides is 1. The molecule has 0 aliphatic carbocycles. The van der Waals surface area contributed by atoms with Crippen LogP contribution in [0, 0.1) is 0 Å². The predicted molar refractivity (Wildman–Crippen MR) is 63.6 cm³/mol. The van der Waals surface area contributed by atoms with Crippen LogP contribution < -0.4 is 16.8 Å². The molecule has 0 fully saturated rings. The molecular weight excluding hydrogens is 260 g/mol. The number of carboxylic acid groups (broad SMARTS) is 1. The smallest absolute Gasteiger partial charge is 0.326 e. The molecule has 0 bridgehead atoms. The lowest BCUT2D eigenvalue weighted by Crippen LogP contribution is -2.43. The molecule has 6 N–H and O–H groups in total. The van der Waals surface area contributed by atoms with E-state index in [1.54, 1.807) is 5.38 Å². The van der Waals surface area contributed by atoms with Crippen molar-refractivity contribution in [3.8, 4) is 0 Å². The first-order valence-corrected chi connectivity index (χ1v) is 5.76. The second-order valence-electron chi connectivity index (χ2n) is 3.48. The van der Waals surface area contributed by atoms with E-state index >= 15 is 0 Å². The summed E-state index contributed by atoms with van der Waals surface area (Å²) in [6.07, 6.45) is -0.559. The van der Waals surface area contributed by atoms with Gasteiger partial charge in [0.05, 0.1) is 18.5 Å². The van der Waals surface area contributed by atoms with E-state index in [-0.39, 0.29) is 6.42 Å². The highest BCUT2D eigenvalue weighted by molar-refractivity contribution is 7.13. The van der Waals surface area contributed by atoms with Crippen LogP contribution >= 0.6 is 11.3 Å². The standard InChI is InChI=1S/C9H12N4O4S/c10-6(14)2-5(8(16)17)13-7(15)1-4-3-18-9(11)12-4/h3,5H,1-2H2,(H2,10,14)(H2,11,12)(H,13,15)(H,16,17). The summed E-state index contributed by atoms with van der Waals surface area (Å²) in [4.78, 5) is 36.8. The molecule has 0 saturated heterocycles. The average molecular weight is 272 g/mol. The summed E-state index contributed by atoms with van der Waals surface area (Å²) in [6.45, 7) is 0. The molecule has 1 unspecified atom stereocenters. The summed E-state index contributed by atoms with van der Waals surface area (Å²) in [5, 5.41) is 12.9. The topological polar surface area (TPSA) is 148 Å². The van der Waals surface area contributed by atoms with E-state index in [2.05, 4.69) is 10.3 Å². The maximum Gasteiger partial charge on any atom is 0.326 e. The number of anilines is 1. The molecule has 0 saturated carbocycles. The van der Waals surface area contributed by atoms with Gasteiger partial charge in [-0.15, -0.1) is 11.3 Å². The van der Waals surface area contributed by atoms with Gasteiger partial charge < -0.3 is 21.9 Å². The lowest BCUT2D eigenvalue weighted by Gasteiger charge is -2.11. The van der Waals surface area contributed by atoms with E-state index in [0.717, 1.165) is 0 Å². The maximum absolute atomic E-state index is 11.5. The van der Waals surface area contributed by atoms with Crippen LogP contribution in [0.4, 0.5) is 5.13 Å². The summed E-state index contributed by atoms with van der Waals surface area (Å²) in [7, 11) is 0. The predicted octanol–water partition coefficient (Wildman–Crippen LogP) is -1.29. The highest BCUT2D eigenvalue weighted by Gasteiger charge is 2.22. The van der Waals surface area contributed by atoms with Crippen LogP contribution in [0.15, 0.2) is 5.38 Å². The largest absolute Gasteiger partial charge is 0.480 e. The zero-order valence-corrected chi connectivity index (χ0v) is 10.1. The van der Waals surface area contributed by atoms with Crippen molar-refractivity contribution in [2.45, 2.75) is 18.9 Å². The third kappa shape index (κ3) is 4.37. The zero-order valence-electron chi connectivity index (χ0n) is 9.25. The number of carbonyl (C=O) groups excluding carboxylic acids is 2. The van der Waals surface area contributed by atoms with Crippen molar-refractivity contribution < 1.29 is 19.5 Å². The van der Waals surface area contributed by atoms with Crippen LogP contribution in [0.2, 0.25) is 0 Å². The van der Waals surface area contributed by atoms with Gasteiger partial charge in [-0.05, 0) is 0 Å². The number of thiazole rings is 1. The lowest BCUT2D eigenvalue weighted by molar-refractivity contribution is -0.143. The highest BCUT2D eigenvalue weighted by atomic mass is 32.1. The molecule has 8 nitrogen and oxygen atoms in total. The summed E-state index contributed by atoms with van der Waals surface area (Å²) in [6, 6.07) is -1.33. The summed E-state index contributed by atoms with van der Waals surface area (Å²) < 4.78 is 0.